The number of methoxy groups -OCH3 is 1. The van der Waals surface area contributed by atoms with Crippen molar-refractivity contribution in [1.82, 2.24) is 4.90 Å². The molecule has 0 unspecified atom stereocenters. The number of rotatable bonds is 5. The molecule has 1 saturated heterocycles. The van der Waals surface area contributed by atoms with Crippen molar-refractivity contribution in [2.45, 2.75) is 26.7 Å². The van der Waals surface area contributed by atoms with E-state index in [0.29, 0.717) is 0 Å². The van der Waals surface area contributed by atoms with Gasteiger partial charge in [-0.25, -0.2) is 0 Å². The molecule has 0 atom stereocenters. The highest BCUT2D eigenvalue weighted by Gasteiger charge is 2.24. The van der Waals surface area contributed by atoms with Crippen LogP contribution in [0.4, 0.5) is 0 Å². The minimum absolute atomic E-state index is 0.258. The summed E-state index contributed by atoms with van der Waals surface area (Å²) in [4.78, 5) is 2.54. The van der Waals surface area contributed by atoms with Crippen LogP contribution >= 0.6 is 0 Å². The molecular weight excluding hydrogens is 188 g/mol. The third-order valence-corrected chi connectivity index (χ3v) is 3.31. The molecule has 2 N–H and O–H groups in total. The van der Waals surface area contributed by atoms with Crippen LogP contribution in [0.25, 0.3) is 0 Å². The maximum Gasteiger partial charge on any atom is 0.0491 e. The Morgan fingerprint density at radius 2 is 1.93 bits per heavy atom. The molecule has 0 saturated carbocycles. The molecule has 1 fully saturated rings. The van der Waals surface area contributed by atoms with Crippen molar-refractivity contribution in [3.63, 3.8) is 0 Å². The van der Waals surface area contributed by atoms with Crippen LogP contribution in [0.5, 0.6) is 0 Å². The van der Waals surface area contributed by atoms with Gasteiger partial charge in [0.05, 0.1) is 0 Å². The van der Waals surface area contributed by atoms with Crippen molar-refractivity contribution in [2.24, 2.45) is 17.1 Å². The maximum atomic E-state index is 5.75. The zero-order valence-electron chi connectivity index (χ0n) is 10.5. The van der Waals surface area contributed by atoms with Crippen LogP contribution in [0.1, 0.15) is 26.7 Å². The Balaban J connectivity index is 2.25. The van der Waals surface area contributed by atoms with E-state index in [-0.39, 0.29) is 5.41 Å². The minimum Gasteiger partial charge on any atom is -0.384 e. The van der Waals surface area contributed by atoms with Gasteiger partial charge in [-0.15, -0.1) is 0 Å². The number of hydrogen-bond acceptors (Lipinski definition) is 3. The van der Waals surface area contributed by atoms with Gasteiger partial charge in [0.1, 0.15) is 0 Å². The molecule has 1 rings (SSSR count). The number of nitrogens with two attached hydrogens (primary N) is 1. The summed E-state index contributed by atoms with van der Waals surface area (Å²) < 4.78 is 5.20. The molecular formula is C12H26N2O. The lowest BCUT2D eigenvalue weighted by Gasteiger charge is -2.36. The smallest absolute Gasteiger partial charge is 0.0491 e. The summed E-state index contributed by atoms with van der Waals surface area (Å²) in [5, 5.41) is 0. The lowest BCUT2D eigenvalue weighted by molar-refractivity contribution is 0.0826. The molecule has 0 aliphatic carbocycles. The van der Waals surface area contributed by atoms with Gasteiger partial charge < -0.3 is 15.4 Å². The van der Waals surface area contributed by atoms with Crippen LogP contribution in [-0.2, 0) is 4.74 Å². The fourth-order valence-corrected chi connectivity index (χ4v) is 2.22. The zero-order chi connectivity index (χ0) is 11.3. The Labute approximate surface area is 94.0 Å². The van der Waals surface area contributed by atoms with Crippen molar-refractivity contribution in [2.75, 3.05) is 39.9 Å². The van der Waals surface area contributed by atoms with Crippen LogP contribution in [0.15, 0.2) is 0 Å². The van der Waals surface area contributed by atoms with Gasteiger partial charge in [0.2, 0.25) is 0 Å². The van der Waals surface area contributed by atoms with Gasteiger partial charge in [0, 0.05) is 20.3 Å². The summed E-state index contributed by atoms with van der Waals surface area (Å²) in [6, 6.07) is 0. The van der Waals surface area contributed by atoms with Crippen LogP contribution in [0, 0.1) is 11.3 Å². The van der Waals surface area contributed by atoms with Crippen LogP contribution in [-0.4, -0.2) is 44.8 Å². The highest BCUT2D eigenvalue weighted by atomic mass is 16.5. The number of likely N-dealkylation sites (tertiary alicyclic amines) is 1. The van der Waals surface area contributed by atoms with E-state index < -0.39 is 0 Å². The molecule has 3 nitrogen and oxygen atoms in total. The first-order chi connectivity index (χ1) is 7.07. The third kappa shape index (κ3) is 4.49. The van der Waals surface area contributed by atoms with Crippen LogP contribution in [0.3, 0.4) is 0 Å². The van der Waals surface area contributed by atoms with E-state index >= 15 is 0 Å². The van der Waals surface area contributed by atoms with Crippen LogP contribution in [0.2, 0.25) is 0 Å². The zero-order valence-corrected chi connectivity index (χ0v) is 10.5. The average molecular weight is 214 g/mol. The number of hydrogen-bond donors (Lipinski definition) is 1. The van der Waals surface area contributed by atoms with Crippen molar-refractivity contribution in [3.05, 3.63) is 0 Å². The molecule has 0 aromatic heterocycles. The van der Waals surface area contributed by atoms with Crippen molar-refractivity contribution < 1.29 is 4.74 Å². The molecule has 0 aromatic rings. The van der Waals surface area contributed by atoms with Gasteiger partial charge in [-0.1, -0.05) is 13.8 Å². The number of nitrogens with zero attached hydrogens (tertiary/aromatic N) is 1. The predicted molar refractivity (Wildman–Crippen MR) is 63.9 cm³/mol. The second-order valence-corrected chi connectivity index (χ2v) is 5.54. The summed E-state index contributed by atoms with van der Waals surface area (Å²) in [5.74, 6) is 0.771. The first-order valence-electron chi connectivity index (χ1n) is 5.99. The Kier molecular flexibility index (Phi) is 5.03. The normalized spacial score (nSPS) is 20.8. The summed E-state index contributed by atoms with van der Waals surface area (Å²) in [5.41, 5.74) is 6.01. The maximum absolute atomic E-state index is 5.75. The fraction of sp³-hybridized carbons (Fsp3) is 1.00. The number of ether oxygens (including phenoxy) is 1. The molecule has 3 heteroatoms. The second kappa shape index (κ2) is 5.83. The molecule has 1 heterocycles. The van der Waals surface area contributed by atoms with E-state index in [1.165, 1.54) is 25.9 Å². The number of piperidine rings is 1. The van der Waals surface area contributed by atoms with Gasteiger partial charge in [0.15, 0.2) is 0 Å². The largest absolute Gasteiger partial charge is 0.384 e. The first kappa shape index (κ1) is 12.9. The Hall–Kier alpha value is -0.120. The molecule has 15 heavy (non-hydrogen) atoms. The topological polar surface area (TPSA) is 38.5 Å². The predicted octanol–water partition coefficient (Wildman–Crippen LogP) is 1.33. The third-order valence-electron chi connectivity index (χ3n) is 3.31. The minimum atomic E-state index is 0.258. The molecule has 0 spiro atoms. The van der Waals surface area contributed by atoms with E-state index in [1.54, 1.807) is 7.11 Å². The molecule has 0 amide bonds. The lowest BCUT2D eigenvalue weighted by Crippen LogP contribution is -2.43. The van der Waals surface area contributed by atoms with Crippen LogP contribution < -0.4 is 5.73 Å². The SMILES string of the molecule is COCC1CCN(CC(C)(C)CN)CC1. The Morgan fingerprint density at radius 3 is 2.40 bits per heavy atom. The quantitative estimate of drug-likeness (QED) is 0.750. The summed E-state index contributed by atoms with van der Waals surface area (Å²) in [6.07, 6.45) is 2.54. The monoisotopic (exact) mass is 214 g/mol. The Bertz CT molecular complexity index is 174. The fourth-order valence-electron chi connectivity index (χ4n) is 2.22. The molecule has 0 aromatic carbocycles. The highest BCUT2D eigenvalue weighted by molar-refractivity contribution is 4.78. The molecule has 1 aliphatic heterocycles. The Morgan fingerprint density at radius 1 is 1.33 bits per heavy atom. The van der Waals surface area contributed by atoms with E-state index in [0.717, 1.165) is 25.6 Å². The lowest BCUT2D eigenvalue weighted by atomic mass is 9.90. The first-order valence-corrected chi connectivity index (χ1v) is 5.99. The summed E-state index contributed by atoms with van der Waals surface area (Å²) in [7, 11) is 1.80. The van der Waals surface area contributed by atoms with E-state index in [4.69, 9.17) is 10.5 Å². The summed E-state index contributed by atoms with van der Waals surface area (Å²) in [6.45, 7) is 9.72. The average Bonchev–Trinajstić information content (AvgIpc) is 2.21. The van der Waals surface area contributed by atoms with E-state index in [1.807, 2.05) is 0 Å². The van der Waals surface area contributed by atoms with Gasteiger partial charge in [-0.05, 0) is 43.8 Å². The standard InChI is InChI=1S/C12H26N2O/c1-12(2,9-13)10-14-6-4-11(5-7-14)8-15-3/h11H,4-10,13H2,1-3H3. The van der Waals surface area contributed by atoms with Gasteiger partial charge in [0.25, 0.3) is 0 Å². The summed E-state index contributed by atoms with van der Waals surface area (Å²) >= 11 is 0. The van der Waals surface area contributed by atoms with Crippen molar-refractivity contribution >= 4 is 0 Å². The van der Waals surface area contributed by atoms with Gasteiger partial charge in [-0.3, -0.25) is 0 Å². The van der Waals surface area contributed by atoms with Crippen molar-refractivity contribution in [3.8, 4) is 0 Å². The molecule has 0 bridgehead atoms. The van der Waals surface area contributed by atoms with E-state index in [2.05, 4.69) is 18.7 Å². The molecule has 0 radical (unpaired) electrons. The highest BCUT2D eigenvalue weighted by Crippen LogP contribution is 2.21. The van der Waals surface area contributed by atoms with E-state index in [9.17, 15) is 0 Å². The van der Waals surface area contributed by atoms with Gasteiger partial charge in [-0.2, -0.15) is 0 Å². The van der Waals surface area contributed by atoms with Gasteiger partial charge >= 0.3 is 0 Å². The van der Waals surface area contributed by atoms with Crippen molar-refractivity contribution in [1.29, 1.82) is 0 Å². The molecule has 90 valence electrons. The molecule has 1 aliphatic rings. The second-order valence-electron chi connectivity index (χ2n) is 5.54.